The van der Waals surface area contributed by atoms with Gasteiger partial charge in [0.05, 0.1) is 0 Å². The van der Waals surface area contributed by atoms with Crippen LogP contribution in [0.4, 0.5) is 0 Å². The van der Waals surface area contributed by atoms with Crippen molar-refractivity contribution in [3.8, 4) is 0 Å². The molecule has 1 aromatic rings. The third kappa shape index (κ3) is 2.95. The highest BCUT2D eigenvalue weighted by atomic mass is 32.1. The number of thiol groups is 1. The van der Waals surface area contributed by atoms with Gasteiger partial charge in [-0.05, 0) is 45.5 Å². The van der Waals surface area contributed by atoms with Crippen LogP contribution in [0, 0.1) is 6.92 Å². The molecule has 2 atom stereocenters. The maximum atomic E-state index is 12.6. The van der Waals surface area contributed by atoms with Gasteiger partial charge in [0.15, 0.2) is 0 Å². The number of rotatable bonds is 1. The lowest BCUT2D eigenvalue weighted by atomic mass is 10.0. The molecule has 0 saturated carbocycles. The van der Waals surface area contributed by atoms with Gasteiger partial charge in [0, 0.05) is 35.6 Å². The number of hydrogen-bond acceptors (Lipinski definition) is 3. The van der Waals surface area contributed by atoms with Crippen molar-refractivity contribution < 1.29 is 4.79 Å². The second kappa shape index (κ2) is 5.55. The summed E-state index contributed by atoms with van der Waals surface area (Å²) < 4.78 is 0. The second-order valence-corrected chi connectivity index (χ2v) is 6.09. The average molecular weight is 278 g/mol. The number of amides is 1. The summed E-state index contributed by atoms with van der Waals surface area (Å²) in [5.74, 6) is 0.125. The van der Waals surface area contributed by atoms with Crippen molar-refractivity contribution in [1.29, 1.82) is 0 Å². The fourth-order valence-electron chi connectivity index (χ4n) is 2.58. The van der Waals surface area contributed by atoms with Gasteiger partial charge in [0.2, 0.25) is 0 Å². The molecule has 2 unspecified atom stereocenters. The van der Waals surface area contributed by atoms with Gasteiger partial charge in [-0.2, -0.15) is 0 Å². The minimum Gasteiger partial charge on any atom is -0.336 e. The lowest BCUT2D eigenvalue weighted by Crippen LogP contribution is -2.56. The molecule has 0 aliphatic carbocycles. The first-order valence-corrected chi connectivity index (χ1v) is 7.15. The molecule has 2 rings (SSSR count). The van der Waals surface area contributed by atoms with Gasteiger partial charge < -0.3 is 4.90 Å². The fourth-order valence-corrected chi connectivity index (χ4v) is 2.78. The summed E-state index contributed by atoms with van der Waals surface area (Å²) in [6.45, 7) is 7.88. The number of likely N-dealkylation sites (N-methyl/N-ethyl adjacent to an activating group) is 1. The molecule has 3 nitrogen and oxygen atoms in total. The monoisotopic (exact) mass is 278 g/mol. The van der Waals surface area contributed by atoms with Gasteiger partial charge >= 0.3 is 0 Å². The van der Waals surface area contributed by atoms with Crippen molar-refractivity contribution in [1.82, 2.24) is 9.80 Å². The zero-order valence-corrected chi connectivity index (χ0v) is 12.9. The quantitative estimate of drug-likeness (QED) is 0.798. The largest absolute Gasteiger partial charge is 0.336 e. The van der Waals surface area contributed by atoms with Crippen LogP contribution in [-0.4, -0.2) is 47.9 Å². The molecule has 4 heteroatoms. The van der Waals surface area contributed by atoms with Crippen molar-refractivity contribution in [2.45, 2.75) is 37.8 Å². The van der Waals surface area contributed by atoms with Crippen LogP contribution in [-0.2, 0) is 0 Å². The van der Waals surface area contributed by atoms with Crippen LogP contribution in [0.15, 0.2) is 23.1 Å². The van der Waals surface area contributed by atoms with Gasteiger partial charge in [-0.25, -0.2) is 0 Å². The number of benzene rings is 1. The van der Waals surface area contributed by atoms with Gasteiger partial charge in [-0.15, -0.1) is 12.6 Å². The standard InChI is InChI=1S/C15H22N2OS/c1-10-5-6-13(19)7-14(10)15(18)17-8-11(2)16(4)12(3)9-17/h5-7,11-12,19H,8-9H2,1-4H3. The van der Waals surface area contributed by atoms with Crippen LogP contribution in [0.3, 0.4) is 0 Å². The predicted molar refractivity (Wildman–Crippen MR) is 81.0 cm³/mol. The van der Waals surface area contributed by atoms with E-state index in [4.69, 9.17) is 0 Å². The molecule has 0 bridgehead atoms. The molecule has 0 radical (unpaired) electrons. The summed E-state index contributed by atoms with van der Waals surface area (Å²) >= 11 is 4.33. The summed E-state index contributed by atoms with van der Waals surface area (Å²) in [5.41, 5.74) is 1.79. The maximum absolute atomic E-state index is 12.6. The van der Waals surface area contributed by atoms with Crippen LogP contribution >= 0.6 is 12.6 Å². The minimum absolute atomic E-state index is 0.125. The van der Waals surface area contributed by atoms with Crippen LogP contribution in [0.5, 0.6) is 0 Å². The lowest BCUT2D eigenvalue weighted by molar-refractivity contribution is 0.0413. The Kier molecular flexibility index (Phi) is 4.21. The molecule has 0 spiro atoms. The molecule has 1 aliphatic heterocycles. The topological polar surface area (TPSA) is 23.6 Å². The van der Waals surface area contributed by atoms with E-state index in [-0.39, 0.29) is 5.91 Å². The van der Waals surface area contributed by atoms with Gasteiger partial charge in [0.1, 0.15) is 0 Å². The number of piperazine rings is 1. The molecule has 1 saturated heterocycles. The Hall–Kier alpha value is -1.00. The molecule has 104 valence electrons. The molecular formula is C15H22N2OS. The lowest BCUT2D eigenvalue weighted by Gasteiger charge is -2.42. The van der Waals surface area contributed by atoms with Crippen molar-refractivity contribution in [2.24, 2.45) is 0 Å². The van der Waals surface area contributed by atoms with E-state index in [0.717, 1.165) is 29.1 Å². The zero-order valence-electron chi connectivity index (χ0n) is 12.1. The fraction of sp³-hybridized carbons (Fsp3) is 0.533. The van der Waals surface area contributed by atoms with E-state index in [1.54, 1.807) is 0 Å². The first-order valence-electron chi connectivity index (χ1n) is 6.71. The molecule has 1 aromatic carbocycles. The Balaban J connectivity index is 2.22. The van der Waals surface area contributed by atoms with E-state index in [1.165, 1.54) is 0 Å². The number of nitrogens with zero attached hydrogens (tertiary/aromatic N) is 2. The molecule has 0 aromatic heterocycles. The number of carbonyl (C=O) groups is 1. The van der Waals surface area contributed by atoms with Crippen molar-refractivity contribution in [2.75, 3.05) is 20.1 Å². The number of carbonyl (C=O) groups excluding carboxylic acids is 1. The van der Waals surface area contributed by atoms with Gasteiger partial charge in [0.25, 0.3) is 5.91 Å². The number of aryl methyl sites for hydroxylation is 1. The third-order valence-electron chi connectivity index (χ3n) is 4.10. The van der Waals surface area contributed by atoms with Crippen molar-refractivity contribution >= 4 is 18.5 Å². The summed E-state index contributed by atoms with van der Waals surface area (Å²) in [6.07, 6.45) is 0. The van der Waals surface area contributed by atoms with E-state index >= 15 is 0 Å². The van der Waals surface area contributed by atoms with E-state index in [1.807, 2.05) is 30.0 Å². The summed E-state index contributed by atoms with van der Waals surface area (Å²) in [5, 5.41) is 0. The Bertz CT molecular complexity index is 477. The molecule has 1 heterocycles. The first kappa shape index (κ1) is 14.4. The van der Waals surface area contributed by atoms with Crippen LogP contribution in [0.1, 0.15) is 29.8 Å². The highest BCUT2D eigenvalue weighted by Crippen LogP contribution is 2.20. The molecule has 19 heavy (non-hydrogen) atoms. The molecule has 1 aliphatic rings. The van der Waals surface area contributed by atoms with E-state index in [0.29, 0.717) is 12.1 Å². The number of hydrogen-bond donors (Lipinski definition) is 1. The van der Waals surface area contributed by atoms with E-state index < -0.39 is 0 Å². The minimum atomic E-state index is 0.125. The highest BCUT2D eigenvalue weighted by molar-refractivity contribution is 7.80. The predicted octanol–water partition coefficient (Wildman–Crippen LogP) is 2.45. The maximum Gasteiger partial charge on any atom is 0.254 e. The Morgan fingerprint density at radius 1 is 1.26 bits per heavy atom. The zero-order chi connectivity index (χ0) is 14.2. The third-order valence-corrected chi connectivity index (χ3v) is 4.38. The van der Waals surface area contributed by atoms with Crippen molar-refractivity contribution in [3.63, 3.8) is 0 Å². The summed E-state index contributed by atoms with van der Waals surface area (Å²) in [6, 6.07) is 6.54. The molecule has 1 fully saturated rings. The molecular weight excluding hydrogens is 256 g/mol. The van der Waals surface area contributed by atoms with E-state index in [2.05, 4.69) is 38.4 Å². The average Bonchev–Trinajstić information content (AvgIpc) is 2.37. The highest BCUT2D eigenvalue weighted by Gasteiger charge is 2.30. The van der Waals surface area contributed by atoms with E-state index in [9.17, 15) is 4.79 Å². The van der Waals surface area contributed by atoms with Crippen molar-refractivity contribution in [3.05, 3.63) is 29.3 Å². The van der Waals surface area contributed by atoms with Gasteiger partial charge in [-0.3, -0.25) is 9.69 Å². The summed E-state index contributed by atoms with van der Waals surface area (Å²) in [7, 11) is 2.12. The summed E-state index contributed by atoms with van der Waals surface area (Å²) in [4.78, 5) is 17.8. The normalized spacial score (nSPS) is 24.6. The Morgan fingerprint density at radius 3 is 2.42 bits per heavy atom. The smallest absolute Gasteiger partial charge is 0.254 e. The van der Waals surface area contributed by atoms with Gasteiger partial charge in [-0.1, -0.05) is 6.07 Å². The Labute approximate surface area is 121 Å². The van der Waals surface area contributed by atoms with Crippen LogP contribution in [0.2, 0.25) is 0 Å². The molecule has 0 N–H and O–H groups in total. The van der Waals surface area contributed by atoms with Crippen LogP contribution in [0.25, 0.3) is 0 Å². The first-order chi connectivity index (χ1) is 8.90. The van der Waals surface area contributed by atoms with Crippen LogP contribution < -0.4 is 0 Å². The SMILES string of the molecule is Cc1ccc(S)cc1C(=O)N1CC(C)N(C)C(C)C1. The second-order valence-electron chi connectivity index (χ2n) is 5.57. The Morgan fingerprint density at radius 2 is 1.84 bits per heavy atom. The molecule has 1 amide bonds.